The minimum atomic E-state index is -0.263. The lowest BCUT2D eigenvalue weighted by Crippen LogP contribution is -2.31. The van der Waals surface area contributed by atoms with E-state index >= 15 is 0 Å². The van der Waals surface area contributed by atoms with Gasteiger partial charge in [-0.25, -0.2) is 4.39 Å². The molecule has 1 aliphatic heterocycles. The first-order chi connectivity index (χ1) is 14.5. The van der Waals surface area contributed by atoms with Crippen LogP contribution in [-0.4, -0.2) is 37.8 Å². The molecule has 0 spiro atoms. The Labute approximate surface area is 181 Å². The highest BCUT2D eigenvalue weighted by Crippen LogP contribution is 2.41. The fourth-order valence-corrected chi connectivity index (χ4v) is 4.66. The molecule has 2 atom stereocenters. The zero-order valence-electron chi connectivity index (χ0n) is 17.0. The van der Waals surface area contributed by atoms with E-state index in [1.807, 2.05) is 38.1 Å². The summed E-state index contributed by atoms with van der Waals surface area (Å²) in [5.41, 5.74) is 4.86. The largest absolute Gasteiger partial charge is 0.396 e. The van der Waals surface area contributed by atoms with Crippen LogP contribution in [0, 0.1) is 19.7 Å². The quantitative estimate of drug-likeness (QED) is 0.586. The molecule has 1 fully saturated rings. The van der Waals surface area contributed by atoms with Gasteiger partial charge in [0.15, 0.2) is 5.11 Å². The maximum Gasteiger partial charge on any atom is 0.170 e. The van der Waals surface area contributed by atoms with Crippen LogP contribution in [0.5, 0.6) is 0 Å². The number of aryl methyl sites for hydroxylation is 1. The highest BCUT2D eigenvalue weighted by molar-refractivity contribution is 7.80. The molecule has 0 unspecified atom stereocenters. The van der Waals surface area contributed by atoms with Crippen molar-refractivity contribution < 1.29 is 9.50 Å². The van der Waals surface area contributed by atoms with Gasteiger partial charge in [-0.05, 0) is 74.4 Å². The molecule has 2 aromatic heterocycles. The minimum absolute atomic E-state index is 0.0764. The predicted molar refractivity (Wildman–Crippen MR) is 119 cm³/mol. The summed E-state index contributed by atoms with van der Waals surface area (Å²) in [4.78, 5) is 6.69. The van der Waals surface area contributed by atoms with Gasteiger partial charge in [0.05, 0.1) is 17.8 Å². The first kappa shape index (κ1) is 20.5. The van der Waals surface area contributed by atoms with Gasteiger partial charge in [-0.2, -0.15) is 0 Å². The lowest BCUT2D eigenvalue weighted by Gasteiger charge is -2.28. The summed E-state index contributed by atoms with van der Waals surface area (Å²) >= 11 is 5.65. The molecule has 3 aromatic rings. The van der Waals surface area contributed by atoms with Gasteiger partial charge in [0.2, 0.25) is 0 Å². The summed E-state index contributed by atoms with van der Waals surface area (Å²) in [6, 6.07) is 14.4. The van der Waals surface area contributed by atoms with Crippen molar-refractivity contribution in [2.75, 3.05) is 13.2 Å². The van der Waals surface area contributed by atoms with Crippen LogP contribution in [0.1, 0.15) is 41.1 Å². The number of aromatic nitrogens is 2. The number of nitrogens with one attached hydrogen (secondary N) is 1. The number of halogens is 1. The fourth-order valence-electron chi connectivity index (χ4n) is 4.33. The van der Waals surface area contributed by atoms with Crippen LogP contribution in [0.25, 0.3) is 5.69 Å². The molecule has 5 nitrogen and oxygen atoms in total. The maximum absolute atomic E-state index is 13.9. The first-order valence-corrected chi connectivity index (χ1v) is 10.5. The smallest absolute Gasteiger partial charge is 0.170 e. The van der Waals surface area contributed by atoms with E-state index in [4.69, 9.17) is 12.2 Å². The Morgan fingerprint density at radius 3 is 2.70 bits per heavy atom. The third kappa shape index (κ3) is 3.70. The number of aliphatic hydroxyl groups is 1. The highest BCUT2D eigenvalue weighted by atomic mass is 32.1. The van der Waals surface area contributed by atoms with E-state index in [1.165, 1.54) is 6.07 Å². The molecular weight excluding hydrogens is 399 g/mol. The second-order valence-corrected chi connectivity index (χ2v) is 7.93. The van der Waals surface area contributed by atoms with E-state index in [0.717, 1.165) is 28.3 Å². The van der Waals surface area contributed by atoms with Crippen molar-refractivity contribution in [1.29, 1.82) is 0 Å². The van der Waals surface area contributed by atoms with Gasteiger partial charge in [-0.3, -0.25) is 4.98 Å². The molecule has 3 heterocycles. The van der Waals surface area contributed by atoms with Crippen molar-refractivity contribution in [3.8, 4) is 5.69 Å². The second-order valence-electron chi connectivity index (χ2n) is 7.54. The van der Waals surface area contributed by atoms with Gasteiger partial charge in [0, 0.05) is 36.4 Å². The third-order valence-corrected chi connectivity index (χ3v) is 5.96. The van der Waals surface area contributed by atoms with Gasteiger partial charge in [-0.15, -0.1) is 0 Å². The number of benzene rings is 1. The topological polar surface area (TPSA) is 53.3 Å². The maximum atomic E-state index is 13.9. The Morgan fingerprint density at radius 1 is 1.17 bits per heavy atom. The summed E-state index contributed by atoms with van der Waals surface area (Å²) in [5, 5.41) is 13.5. The minimum Gasteiger partial charge on any atom is -0.396 e. The SMILES string of the molecule is Cc1cc([C@@H]2[C@@H](c3ccccn3)NC(=S)N2CCCO)c(C)n1-c1cccc(F)c1. The normalized spacial score (nSPS) is 18.7. The van der Waals surface area contributed by atoms with Crippen LogP contribution in [0.3, 0.4) is 0 Å². The van der Waals surface area contributed by atoms with Crippen molar-refractivity contribution in [3.05, 3.63) is 83.2 Å². The Bertz CT molecular complexity index is 1050. The summed E-state index contributed by atoms with van der Waals surface area (Å²) in [7, 11) is 0. The Hall–Kier alpha value is -2.77. The number of thiocarbonyl (C=S) groups is 1. The molecule has 0 radical (unpaired) electrons. The zero-order valence-corrected chi connectivity index (χ0v) is 17.9. The summed E-state index contributed by atoms with van der Waals surface area (Å²) < 4.78 is 15.9. The van der Waals surface area contributed by atoms with Crippen LogP contribution in [-0.2, 0) is 0 Å². The van der Waals surface area contributed by atoms with Crippen LogP contribution in [0.15, 0.2) is 54.7 Å². The highest BCUT2D eigenvalue weighted by Gasteiger charge is 2.41. The van der Waals surface area contributed by atoms with Gasteiger partial charge in [-0.1, -0.05) is 12.1 Å². The lowest BCUT2D eigenvalue weighted by atomic mass is 9.96. The van der Waals surface area contributed by atoms with E-state index in [-0.39, 0.29) is 24.5 Å². The van der Waals surface area contributed by atoms with Crippen molar-refractivity contribution in [3.63, 3.8) is 0 Å². The molecule has 7 heteroatoms. The number of rotatable bonds is 6. The third-order valence-electron chi connectivity index (χ3n) is 5.61. The molecule has 30 heavy (non-hydrogen) atoms. The number of nitrogens with zero attached hydrogens (tertiary/aromatic N) is 3. The molecular formula is C23H25FN4OS. The number of aliphatic hydroxyl groups excluding tert-OH is 1. The van der Waals surface area contributed by atoms with E-state index < -0.39 is 0 Å². The molecule has 1 saturated heterocycles. The molecule has 4 rings (SSSR count). The van der Waals surface area contributed by atoms with Gasteiger partial charge in [0.1, 0.15) is 5.82 Å². The molecule has 0 saturated carbocycles. The molecule has 1 aliphatic rings. The van der Waals surface area contributed by atoms with E-state index in [2.05, 4.69) is 25.8 Å². The lowest BCUT2D eigenvalue weighted by molar-refractivity contribution is 0.247. The zero-order chi connectivity index (χ0) is 21.3. The predicted octanol–water partition coefficient (Wildman–Crippen LogP) is 3.98. The summed E-state index contributed by atoms with van der Waals surface area (Å²) in [5.74, 6) is -0.263. The average Bonchev–Trinajstić information content (AvgIpc) is 3.22. The van der Waals surface area contributed by atoms with Crippen LogP contribution < -0.4 is 5.32 Å². The van der Waals surface area contributed by atoms with E-state index in [0.29, 0.717) is 18.1 Å². The first-order valence-electron chi connectivity index (χ1n) is 10.0. The molecule has 0 bridgehead atoms. The molecule has 0 amide bonds. The van der Waals surface area contributed by atoms with Crippen molar-refractivity contribution >= 4 is 17.3 Å². The molecule has 0 aliphatic carbocycles. The van der Waals surface area contributed by atoms with E-state index in [1.54, 1.807) is 18.3 Å². The van der Waals surface area contributed by atoms with Crippen LogP contribution in [0.4, 0.5) is 4.39 Å². The second kappa shape index (κ2) is 8.53. The van der Waals surface area contributed by atoms with Gasteiger partial charge in [0.25, 0.3) is 0 Å². The van der Waals surface area contributed by atoms with Crippen LogP contribution >= 0.6 is 12.2 Å². The summed E-state index contributed by atoms with van der Waals surface area (Å²) in [6.45, 7) is 4.81. The monoisotopic (exact) mass is 424 g/mol. The van der Waals surface area contributed by atoms with Crippen LogP contribution in [0.2, 0.25) is 0 Å². The van der Waals surface area contributed by atoms with Crippen molar-refractivity contribution in [1.82, 2.24) is 19.8 Å². The summed E-state index contributed by atoms with van der Waals surface area (Å²) in [6.07, 6.45) is 2.40. The van der Waals surface area contributed by atoms with Crippen molar-refractivity contribution in [2.24, 2.45) is 0 Å². The Morgan fingerprint density at radius 2 is 2.00 bits per heavy atom. The fraction of sp³-hybridized carbons (Fsp3) is 0.304. The molecule has 2 N–H and O–H groups in total. The number of hydrogen-bond acceptors (Lipinski definition) is 3. The van der Waals surface area contributed by atoms with Crippen molar-refractivity contribution in [2.45, 2.75) is 32.4 Å². The number of hydrogen-bond donors (Lipinski definition) is 2. The van der Waals surface area contributed by atoms with Gasteiger partial charge >= 0.3 is 0 Å². The van der Waals surface area contributed by atoms with E-state index in [9.17, 15) is 9.50 Å². The Balaban J connectivity index is 1.82. The molecule has 1 aromatic carbocycles. The number of pyridine rings is 1. The Kier molecular flexibility index (Phi) is 5.83. The van der Waals surface area contributed by atoms with Gasteiger partial charge < -0.3 is 19.9 Å². The standard InChI is InChI=1S/C23H25FN4OS/c1-15-13-19(16(2)28(15)18-8-5-7-17(24)14-18)22-21(20-9-3-4-10-25-20)26-23(30)27(22)11-6-12-29/h3-5,7-10,13-14,21-22,29H,6,11-12H2,1-2H3,(H,26,30)/t21-,22-/m1/s1. The average molecular weight is 425 g/mol. The molecule has 156 valence electrons.